The quantitative estimate of drug-likeness (QED) is 0.128. The average molecular weight is 524 g/mol. The predicted octanol–water partition coefficient (Wildman–Crippen LogP) is 10.1. The molecule has 0 saturated carbocycles. The summed E-state index contributed by atoms with van der Waals surface area (Å²) in [6, 6.07) is 40.4. The number of hydrogen-bond donors (Lipinski definition) is 0. The summed E-state index contributed by atoms with van der Waals surface area (Å²) < 4.78 is 0. The van der Waals surface area contributed by atoms with Crippen molar-refractivity contribution in [3.05, 3.63) is 138 Å². The first-order valence-electron chi connectivity index (χ1n) is 13.9. The zero-order valence-corrected chi connectivity index (χ0v) is 22.8. The molecular weight excluding hydrogens is 498 g/mol. The molecule has 7 aromatic rings. The fourth-order valence-corrected chi connectivity index (χ4v) is 6.53. The molecule has 1 aliphatic carbocycles. The second kappa shape index (κ2) is 8.58. The van der Waals surface area contributed by atoms with Crippen LogP contribution in [0.15, 0.2) is 115 Å². The highest BCUT2D eigenvalue weighted by Gasteiger charge is 2.35. The van der Waals surface area contributed by atoms with Crippen molar-refractivity contribution in [1.82, 2.24) is 9.97 Å². The Bertz CT molecular complexity index is 2250. The summed E-state index contributed by atoms with van der Waals surface area (Å²) in [4.78, 5) is 13.7. The van der Waals surface area contributed by atoms with Crippen molar-refractivity contribution in [2.45, 2.75) is 19.3 Å². The van der Waals surface area contributed by atoms with Crippen molar-refractivity contribution in [3.8, 4) is 33.4 Å². The lowest BCUT2D eigenvalue weighted by Gasteiger charge is -2.22. The van der Waals surface area contributed by atoms with E-state index in [0.29, 0.717) is 5.69 Å². The van der Waals surface area contributed by atoms with Gasteiger partial charge >= 0.3 is 0 Å². The Morgan fingerprint density at radius 1 is 0.537 bits per heavy atom. The van der Waals surface area contributed by atoms with Gasteiger partial charge in [-0.15, -0.1) is 0 Å². The first-order chi connectivity index (χ1) is 20.0. The maximum Gasteiger partial charge on any atom is 0.187 e. The van der Waals surface area contributed by atoms with Crippen LogP contribution in [0.1, 0.15) is 25.0 Å². The molecule has 0 fully saturated rings. The number of hydrogen-bond acceptors (Lipinski definition) is 2. The number of rotatable bonds is 2. The van der Waals surface area contributed by atoms with Crippen LogP contribution < -0.4 is 0 Å². The number of para-hydroxylation sites is 2. The summed E-state index contributed by atoms with van der Waals surface area (Å²) in [6.45, 7) is 12.0. The molecule has 0 unspecified atom stereocenters. The summed E-state index contributed by atoms with van der Waals surface area (Å²) in [5.74, 6) is 0. The van der Waals surface area contributed by atoms with E-state index in [1.165, 1.54) is 38.8 Å². The highest BCUT2D eigenvalue weighted by Crippen LogP contribution is 2.50. The Hall–Kier alpha value is -5.33. The minimum atomic E-state index is -0.172. The van der Waals surface area contributed by atoms with Gasteiger partial charge in [0.05, 0.1) is 28.6 Å². The molecule has 8 rings (SSSR count). The van der Waals surface area contributed by atoms with E-state index in [9.17, 15) is 0 Å². The fourth-order valence-electron chi connectivity index (χ4n) is 6.53. The SMILES string of the molecule is [C-]#[N+]c1ccc2c(c1)C(C)(C)c1cc(-c3cccc(-c4cc5nc6ccccc6nc5c5ccccc45)c3)ccc1-2. The van der Waals surface area contributed by atoms with Crippen molar-refractivity contribution >= 4 is 38.5 Å². The van der Waals surface area contributed by atoms with E-state index in [4.69, 9.17) is 16.5 Å². The van der Waals surface area contributed by atoms with Crippen LogP contribution in [0.5, 0.6) is 0 Å². The zero-order valence-electron chi connectivity index (χ0n) is 22.8. The molecule has 1 aliphatic rings. The Labute approximate surface area is 238 Å². The van der Waals surface area contributed by atoms with Gasteiger partial charge < -0.3 is 0 Å². The summed E-state index contributed by atoms with van der Waals surface area (Å²) in [7, 11) is 0. The summed E-state index contributed by atoms with van der Waals surface area (Å²) >= 11 is 0. The molecule has 0 N–H and O–H groups in total. The Kier molecular flexibility index (Phi) is 4.93. The second-order valence-corrected chi connectivity index (χ2v) is 11.4. The van der Waals surface area contributed by atoms with Gasteiger partial charge in [0.2, 0.25) is 0 Å². The lowest BCUT2D eigenvalue weighted by atomic mass is 9.81. The van der Waals surface area contributed by atoms with Crippen molar-refractivity contribution in [3.63, 3.8) is 0 Å². The molecule has 41 heavy (non-hydrogen) atoms. The number of fused-ring (bicyclic) bond motifs is 7. The molecule has 192 valence electrons. The van der Waals surface area contributed by atoms with Crippen molar-refractivity contribution in [2.75, 3.05) is 0 Å². The normalized spacial score (nSPS) is 13.3. The molecule has 0 amide bonds. The Morgan fingerprint density at radius 2 is 1.20 bits per heavy atom. The van der Waals surface area contributed by atoms with Crippen LogP contribution in [-0.4, -0.2) is 9.97 Å². The summed E-state index contributed by atoms with van der Waals surface area (Å²) in [5.41, 5.74) is 13.8. The van der Waals surface area contributed by atoms with Crippen LogP contribution in [0.3, 0.4) is 0 Å². The molecule has 1 aromatic heterocycles. The van der Waals surface area contributed by atoms with E-state index in [2.05, 4.69) is 104 Å². The third kappa shape index (κ3) is 3.51. The number of aromatic nitrogens is 2. The van der Waals surface area contributed by atoms with Gasteiger partial charge in [-0.05, 0) is 80.2 Å². The highest BCUT2D eigenvalue weighted by atomic mass is 14.8. The predicted molar refractivity (Wildman–Crippen MR) is 169 cm³/mol. The molecule has 0 atom stereocenters. The zero-order chi connectivity index (χ0) is 27.7. The molecule has 3 heteroatoms. The van der Waals surface area contributed by atoms with E-state index in [1.807, 2.05) is 30.3 Å². The third-order valence-corrected chi connectivity index (χ3v) is 8.65. The van der Waals surface area contributed by atoms with Gasteiger partial charge in [0.15, 0.2) is 5.69 Å². The van der Waals surface area contributed by atoms with E-state index < -0.39 is 0 Å². The lowest BCUT2D eigenvalue weighted by Crippen LogP contribution is -2.14. The minimum absolute atomic E-state index is 0.172. The van der Waals surface area contributed by atoms with Crippen molar-refractivity contribution in [1.29, 1.82) is 0 Å². The van der Waals surface area contributed by atoms with Crippen LogP contribution in [0.4, 0.5) is 5.69 Å². The summed E-state index contributed by atoms with van der Waals surface area (Å²) in [5, 5.41) is 2.28. The molecule has 0 bridgehead atoms. The number of benzene rings is 6. The van der Waals surface area contributed by atoms with E-state index in [1.54, 1.807) is 0 Å². The molecule has 0 saturated heterocycles. The van der Waals surface area contributed by atoms with Crippen LogP contribution in [0.2, 0.25) is 0 Å². The maximum atomic E-state index is 7.48. The molecule has 0 aliphatic heterocycles. The maximum absolute atomic E-state index is 7.48. The average Bonchev–Trinajstić information content (AvgIpc) is 3.25. The van der Waals surface area contributed by atoms with E-state index in [-0.39, 0.29) is 5.41 Å². The van der Waals surface area contributed by atoms with Crippen LogP contribution in [0, 0.1) is 6.57 Å². The van der Waals surface area contributed by atoms with E-state index >= 15 is 0 Å². The van der Waals surface area contributed by atoms with Crippen LogP contribution >= 0.6 is 0 Å². The van der Waals surface area contributed by atoms with Crippen LogP contribution in [0.25, 0.3) is 71.1 Å². The largest absolute Gasteiger partial charge is 0.244 e. The fraction of sp³-hybridized carbons (Fsp3) is 0.0789. The molecule has 0 radical (unpaired) electrons. The Balaban J connectivity index is 1.29. The number of nitrogens with zero attached hydrogens (tertiary/aromatic N) is 3. The molecule has 6 aromatic carbocycles. The van der Waals surface area contributed by atoms with Gasteiger partial charge in [0.25, 0.3) is 0 Å². The topological polar surface area (TPSA) is 30.1 Å². The van der Waals surface area contributed by atoms with Gasteiger partial charge in [0, 0.05) is 10.8 Å². The first kappa shape index (κ1) is 23.5. The van der Waals surface area contributed by atoms with Gasteiger partial charge in [-0.25, -0.2) is 14.8 Å². The Morgan fingerprint density at radius 3 is 2.00 bits per heavy atom. The van der Waals surface area contributed by atoms with Gasteiger partial charge in [-0.1, -0.05) is 98.8 Å². The molecule has 1 heterocycles. The van der Waals surface area contributed by atoms with Crippen molar-refractivity contribution in [2.24, 2.45) is 0 Å². The van der Waals surface area contributed by atoms with Crippen molar-refractivity contribution < 1.29 is 0 Å². The molecular formula is C38H25N3. The molecule has 0 spiro atoms. The standard InChI is InChI=1S/C38H25N3/c1-38(2)32-20-24(15-17-28(32)29-18-16-26(39-3)21-33(29)38)23-9-8-10-25(19-23)31-22-36-37(30-12-5-4-11-27(30)31)41-35-14-7-6-13-34(35)40-36/h4-22H,1-2H3. The van der Waals surface area contributed by atoms with Gasteiger partial charge in [-0.3, -0.25) is 0 Å². The smallest absolute Gasteiger partial charge is 0.187 e. The van der Waals surface area contributed by atoms with Crippen LogP contribution in [-0.2, 0) is 5.41 Å². The first-order valence-corrected chi connectivity index (χ1v) is 13.9. The highest BCUT2D eigenvalue weighted by molar-refractivity contribution is 6.12. The van der Waals surface area contributed by atoms with Gasteiger partial charge in [0.1, 0.15) is 0 Å². The van der Waals surface area contributed by atoms with E-state index in [0.717, 1.165) is 38.6 Å². The summed E-state index contributed by atoms with van der Waals surface area (Å²) in [6.07, 6.45) is 0. The monoisotopic (exact) mass is 523 g/mol. The minimum Gasteiger partial charge on any atom is -0.244 e. The van der Waals surface area contributed by atoms with Gasteiger partial charge in [-0.2, -0.15) is 0 Å². The third-order valence-electron chi connectivity index (χ3n) is 8.65. The lowest BCUT2D eigenvalue weighted by molar-refractivity contribution is 0.661. The molecule has 3 nitrogen and oxygen atoms in total. The second-order valence-electron chi connectivity index (χ2n) is 11.4.